The molecule has 0 bridgehead atoms. The molecule has 2 rings (SSSR count). The number of unbranched alkanes of at least 4 members (excludes halogenated alkanes) is 1. The Hall–Kier alpha value is -3.02. The first-order valence-corrected chi connectivity index (χ1v) is 9.09. The molecular weight excluding hydrogens is 344 g/mol. The van der Waals surface area contributed by atoms with Crippen LogP contribution in [0.5, 0.6) is 11.5 Å². The Balaban J connectivity index is 1.97. The lowest BCUT2D eigenvalue weighted by atomic mass is 10.1. The number of amides is 2. The van der Waals surface area contributed by atoms with Gasteiger partial charge in [0.2, 0.25) is 0 Å². The van der Waals surface area contributed by atoms with E-state index in [0.29, 0.717) is 29.2 Å². The number of hydrogen-bond acceptors (Lipinski definition) is 4. The van der Waals surface area contributed by atoms with E-state index in [1.165, 1.54) is 7.11 Å². The topological polar surface area (TPSA) is 76.7 Å². The highest BCUT2D eigenvalue weighted by atomic mass is 16.5. The van der Waals surface area contributed by atoms with E-state index in [1.807, 2.05) is 19.1 Å². The summed E-state index contributed by atoms with van der Waals surface area (Å²) < 4.78 is 10.9. The largest absolute Gasteiger partial charge is 0.493 e. The predicted molar refractivity (Wildman–Crippen MR) is 104 cm³/mol. The van der Waals surface area contributed by atoms with Crippen molar-refractivity contribution in [1.82, 2.24) is 10.9 Å². The van der Waals surface area contributed by atoms with Gasteiger partial charge in [0.25, 0.3) is 11.8 Å². The SMILES string of the molecule is CCCCOc1ccc(C(=O)NNC(=O)c2ccc(CC)cc2)cc1OC. The molecule has 0 fully saturated rings. The number of rotatable bonds is 8. The third-order valence-corrected chi connectivity index (χ3v) is 4.10. The highest BCUT2D eigenvalue weighted by molar-refractivity contribution is 5.99. The molecule has 0 aliphatic heterocycles. The van der Waals surface area contributed by atoms with E-state index in [9.17, 15) is 9.59 Å². The molecule has 2 N–H and O–H groups in total. The molecule has 144 valence electrons. The average Bonchev–Trinajstić information content (AvgIpc) is 2.72. The Morgan fingerprint density at radius 1 is 0.889 bits per heavy atom. The van der Waals surface area contributed by atoms with E-state index < -0.39 is 5.91 Å². The molecule has 0 aliphatic rings. The fourth-order valence-electron chi connectivity index (χ4n) is 2.40. The highest BCUT2D eigenvalue weighted by Crippen LogP contribution is 2.28. The number of nitrogens with one attached hydrogen (secondary N) is 2. The fraction of sp³-hybridized carbons (Fsp3) is 0.333. The molecule has 2 aromatic rings. The third kappa shape index (κ3) is 5.74. The Kier molecular flexibility index (Phi) is 7.67. The number of carbonyl (C=O) groups excluding carboxylic acids is 2. The van der Waals surface area contributed by atoms with Crippen LogP contribution in [0.15, 0.2) is 42.5 Å². The highest BCUT2D eigenvalue weighted by Gasteiger charge is 2.13. The minimum absolute atomic E-state index is 0.358. The van der Waals surface area contributed by atoms with Gasteiger partial charge in [-0.15, -0.1) is 0 Å². The van der Waals surface area contributed by atoms with Crippen molar-refractivity contribution < 1.29 is 19.1 Å². The van der Waals surface area contributed by atoms with Crippen LogP contribution in [0.4, 0.5) is 0 Å². The van der Waals surface area contributed by atoms with E-state index in [1.54, 1.807) is 30.3 Å². The third-order valence-electron chi connectivity index (χ3n) is 4.10. The van der Waals surface area contributed by atoms with Crippen LogP contribution in [0.25, 0.3) is 0 Å². The summed E-state index contributed by atoms with van der Waals surface area (Å²) in [5.74, 6) is 0.243. The summed E-state index contributed by atoms with van der Waals surface area (Å²) in [5, 5.41) is 0. The van der Waals surface area contributed by atoms with Gasteiger partial charge in [0.1, 0.15) is 0 Å². The van der Waals surface area contributed by atoms with Gasteiger partial charge in [0.05, 0.1) is 13.7 Å². The van der Waals surface area contributed by atoms with Gasteiger partial charge >= 0.3 is 0 Å². The van der Waals surface area contributed by atoms with Crippen molar-refractivity contribution in [2.24, 2.45) is 0 Å². The van der Waals surface area contributed by atoms with E-state index in [0.717, 1.165) is 24.8 Å². The van der Waals surface area contributed by atoms with Gasteiger partial charge in [-0.05, 0) is 48.7 Å². The van der Waals surface area contributed by atoms with Gasteiger partial charge in [-0.3, -0.25) is 20.4 Å². The zero-order chi connectivity index (χ0) is 19.6. The summed E-state index contributed by atoms with van der Waals surface area (Å²) >= 11 is 0. The maximum atomic E-state index is 12.3. The number of aryl methyl sites for hydroxylation is 1. The quantitative estimate of drug-likeness (QED) is 0.551. The first kappa shape index (κ1) is 20.3. The number of hydrazine groups is 1. The Labute approximate surface area is 159 Å². The monoisotopic (exact) mass is 370 g/mol. The van der Waals surface area contributed by atoms with Crippen LogP contribution >= 0.6 is 0 Å². The molecule has 6 heteroatoms. The minimum atomic E-state index is -0.438. The van der Waals surface area contributed by atoms with Crippen LogP contribution in [0.1, 0.15) is 53.0 Å². The van der Waals surface area contributed by atoms with Crippen molar-refractivity contribution in [1.29, 1.82) is 0 Å². The first-order valence-electron chi connectivity index (χ1n) is 9.09. The van der Waals surface area contributed by atoms with Gasteiger partial charge in [-0.1, -0.05) is 32.4 Å². The molecule has 0 saturated heterocycles. The van der Waals surface area contributed by atoms with Crippen molar-refractivity contribution in [2.45, 2.75) is 33.1 Å². The summed E-state index contributed by atoms with van der Waals surface area (Å²) in [6.45, 7) is 4.72. The van der Waals surface area contributed by atoms with Gasteiger partial charge in [0.15, 0.2) is 11.5 Å². The van der Waals surface area contributed by atoms with Gasteiger partial charge in [-0.2, -0.15) is 0 Å². The number of hydrogen-bond donors (Lipinski definition) is 2. The zero-order valence-electron chi connectivity index (χ0n) is 16.0. The van der Waals surface area contributed by atoms with Crippen LogP contribution in [0, 0.1) is 0 Å². The van der Waals surface area contributed by atoms with Gasteiger partial charge in [0, 0.05) is 11.1 Å². The van der Waals surface area contributed by atoms with Crippen LogP contribution in [-0.2, 0) is 6.42 Å². The first-order chi connectivity index (χ1) is 13.1. The lowest BCUT2D eigenvalue weighted by Gasteiger charge is -2.12. The second-order valence-corrected chi connectivity index (χ2v) is 6.03. The maximum Gasteiger partial charge on any atom is 0.269 e. The van der Waals surface area contributed by atoms with Crippen molar-refractivity contribution >= 4 is 11.8 Å². The van der Waals surface area contributed by atoms with Crippen LogP contribution in [0.2, 0.25) is 0 Å². The number of carbonyl (C=O) groups is 2. The molecule has 0 heterocycles. The second-order valence-electron chi connectivity index (χ2n) is 6.03. The van der Waals surface area contributed by atoms with Crippen molar-refractivity contribution in [2.75, 3.05) is 13.7 Å². The molecule has 0 radical (unpaired) electrons. The molecule has 0 aliphatic carbocycles. The fourth-order valence-corrected chi connectivity index (χ4v) is 2.40. The smallest absolute Gasteiger partial charge is 0.269 e. The van der Waals surface area contributed by atoms with E-state index in [2.05, 4.69) is 17.8 Å². The molecule has 0 unspecified atom stereocenters. The van der Waals surface area contributed by atoms with Gasteiger partial charge in [-0.25, -0.2) is 0 Å². The summed E-state index contributed by atoms with van der Waals surface area (Å²) in [5.41, 5.74) is 6.81. The molecule has 2 aromatic carbocycles. The molecule has 0 aromatic heterocycles. The Morgan fingerprint density at radius 2 is 1.52 bits per heavy atom. The molecule has 6 nitrogen and oxygen atoms in total. The summed E-state index contributed by atoms with van der Waals surface area (Å²) in [6, 6.07) is 12.1. The van der Waals surface area contributed by atoms with E-state index in [4.69, 9.17) is 9.47 Å². The van der Waals surface area contributed by atoms with Crippen molar-refractivity contribution in [3.63, 3.8) is 0 Å². The lowest BCUT2D eigenvalue weighted by Crippen LogP contribution is -2.41. The van der Waals surface area contributed by atoms with Crippen LogP contribution in [0.3, 0.4) is 0 Å². The summed E-state index contributed by atoms with van der Waals surface area (Å²) in [7, 11) is 1.52. The van der Waals surface area contributed by atoms with Crippen LogP contribution < -0.4 is 20.3 Å². The molecule has 27 heavy (non-hydrogen) atoms. The molecular formula is C21H26N2O4. The lowest BCUT2D eigenvalue weighted by molar-refractivity contribution is 0.0846. The number of methoxy groups -OCH3 is 1. The summed E-state index contributed by atoms with van der Waals surface area (Å²) in [4.78, 5) is 24.4. The minimum Gasteiger partial charge on any atom is -0.493 e. The van der Waals surface area contributed by atoms with E-state index in [-0.39, 0.29) is 5.91 Å². The number of benzene rings is 2. The Bertz CT molecular complexity index is 772. The molecule has 2 amide bonds. The summed E-state index contributed by atoms with van der Waals surface area (Å²) in [6.07, 6.45) is 2.87. The number of ether oxygens (including phenoxy) is 2. The molecule has 0 atom stereocenters. The van der Waals surface area contributed by atoms with Crippen LogP contribution in [-0.4, -0.2) is 25.5 Å². The second kappa shape index (κ2) is 10.2. The standard InChI is InChI=1S/C21H26N2O4/c1-4-6-13-27-18-12-11-17(14-19(18)26-3)21(25)23-22-20(24)16-9-7-15(5-2)8-10-16/h7-12,14H,4-6,13H2,1-3H3,(H,22,24)(H,23,25). The van der Waals surface area contributed by atoms with E-state index >= 15 is 0 Å². The Morgan fingerprint density at radius 3 is 2.11 bits per heavy atom. The van der Waals surface area contributed by atoms with Crippen molar-refractivity contribution in [3.8, 4) is 11.5 Å². The maximum absolute atomic E-state index is 12.3. The van der Waals surface area contributed by atoms with Gasteiger partial charge < -0.3 is 9.47 Å². The van der Waals surface area contributed by atoms with Crippen molar-refractivity contribution in [3.05, 3.63) is 59.2 Å². The predicted octanol–water partition coefficient (Wildman–Crippen LogP) is 3.51. The normalized spacial score (nSPS) is 10.2. The molecule has 0 saturated carbocycles. The zero-order valence-corrected chi connectivity index (χ0v) is 16.0. The molecule has 0 spiro atoms. The average molecular weight is 370 g/mol.